The van der Waals surface area contributed by atoms with Crippen molar-refractivity contribution in [3.8, 4) is 11.5 Å². The molecule has 0 aliphatic carbocycles. The van der Waals surface area contributed by atoms with E-state index in [0.29, 0.717) is 5.75 Å². The van der Waals surface area contributed by atoms with Crippen LogP contribution < -0.4 is 10.5 Å². The van der Waals surface area contributed by atoms with Gasteiger partial charge in [0, 0.05) is 0 Å². The molecule has 2 rings (SSSR count). The molecule has 1 amide bonds. The highest BCUT2D eigenvalue weighted by Crippen LogP contribution is 2.27. The number of nitro groups is 1. The maximum absolute atomic E-state index is 11.1. The number of para-hydroxylation sites is 1. The van der Waals surface area contributed by atoms with Gasteiger partial charge in [-0.2, -0.15) is 0 Å². The summed E-state index contributed by atoms with van der Waals surface area (Å²) in [5.74, 6) is -0.0375. The number of carbonyl (C=O) groups excluding carboxylic acids is 1. The summed E-state index contributed by atoms with van der Waals surface area (Å²) < 4.78 is 5.45. The number of amides is 1. The fraction of sp³-hybridized carbons (Fsp3) is 0. The molecule has 6 nitrogen and oxygen atoms in total. The highest BCUT2D eigenvalue weighted by molar-refractivity contribution is 5.97. The van der Waals surface area contributed by atoms with Crippen molar-refractivity contribution in [2.75, 3.05) is 0 Å². The van der Waals surface area contributed by atoms with Gasteiger partial charge in [0.05, 0.1) is 11.0 Å². The lowest BCUT2D eigenvalue weighted by Crippen LogP contribution is -2.13. The van der Waals surface area contributed by atoms with Crippen molar-refractivity contribution in [3.63, 3.8) is 0 Å². The third kappa shape index (κ3) is 2.86. The van der Waals surface area contributed by atoms with Crippen LogP contribution in [0.25, 0.3) is 0 Å². The lowest BCUT2D eigenvalue weighted by molar-refractivity contribution is -0.385. The van der Waals surface area contributed by atoms with Crippen LogP contribution in [0.5, 0.6) is 11.5 Å². The second-order valence-corrected chi connectivity index (χ2v) is 3.72. The number of benzene rings is 2. The van der Waals surface area contributed by atoms with Gasteiger partial charge in [0.1, 0.15) is 17.1 Å². The van der Waals surface area contributed by atoms with Crippen molar-refractivity contribution in [2.45, 2.75) is 0 Å². The van der Waals surface area contributed by atoms with Gasteiger partial charge in [-0.25, -0.2) is 0 Å². The Morgan fingerprint density at radius 3 is 2.37 bits per heavy atom. The van der Waals surface area contributed by atoms with Gasteiger partial charge in [-0.15, -0.1) is 0 Å². The molecule has 2 aromatic carbocycles. The fourth-order valence-corrected chi connectivity index (χ4v) is 1.56. The van der Waals surface area contributed by atoms with Crippen LogP contribution in [0.3, 0.4) is 0 Å². The van der Waals surface area contributed by atoms with Crippen molar-refractivity contribution in [1.29, 1.82) is 0 Å². The molecule has 0 saturated heterocycles. The zero-order chi connectivity index (χ0) is 13.8. The Hall–Kier alpha value is -2.89. The summed E-state index contributed by atoms with van der Waals surface area (Å²) in [6.45, 7) is 0. The molecule has 0 saturated carbocycles. The maximum Gasteiger partial charge on any atom is 0.285 e. The number of nitrogens with zero attached hydrogens (tertiary/aromatic N) is 1. The summed E-state index contributed by atoms with van der Waals surface area (Å²) >= 11 is 0. The van der Waals surface area contributed by atoms with Crippen molar-refractivity contribution in [2.24, 2.45) is 5.73 Å². The summed E-state index contributed by atoms with van der Waals surface area (Å²) in [5.41, 5.74) is 4.55. The van der Waals surface area contributed by atoms with E-state index in [1.807, 2.05) is 6.07 Å². The minimum absolute atomic E-state index is 0.148. The molecule has 0 heterocycles. The number of hydrogen-bond acceptors (Lipinski definition) is 4. The molecule has 0 unspecified atom stereocenters. The first kappa shape index (κ1) is 12.6. The number of hydrogen-bond donors (Lipinski definition) is 1. The van der Waals surface area contributed by atoms with E-state index < -0.39 is 10.8 Å². The topological polar surface area (TPSA) is 95.5 Å². The standard InChI is InChI=1S/C13H10N2O4/c14-13(16)11-7-6-10(8-12(11)15(17)18)19-9-4-2-1-3-5-9/h1-8H,(H2,14,16). The molecular weight excluding hydrogens is 248 g/mol. The lowest BCUT2D eigenvalue weighted by atomic mass is 10.1. The van der Waals surface area contributed by atoms with Gasteiger partial charge >= 0.3 is 0 Å². The van der Waals surface area contributed by atoms with E-state index in [1.54, 1.807) is 24.3 Å². The molecule has 0 fully saturated rings. The van der Waals surface area contributed by atoms with Crippen LogP contribution in [-0.2, 0) is 0 Å². The molecule has 2 aromatic rings. The quantitative estimate of drug-likeness (QED) is 0.673. The Labute approximate surface area is 108 Å². The van der Waals surface area contributed by atoms with Gasteiger partial charge in [-0.1, -0.05) is 18.2 Å². The van der Waals surface area contributed by atoms with Crippen LogP contribution in [-0.4, -0.2) is 10.8 Å². The van der Waals surface area contributed by atoms with Crippen LogP contribution in [0.1, 0.15) is 10.4 Å². The lowest BCUT2D eigenvalue weighted by Gasteiger charge is -2.06. The maximum atomic E-state index is 11.1. The van der Waals surface area contributed by atoms with E-state index in [1.165, 1.54) is 18.2 Å². The molecule has 0 bridgehead atoms. The number of nitro benzene ring substituents is 1. The van der Waals surface area contributed by atoms with E-state index in [9.17, 15) is 14.9 Å². The molecule has 0 aliphatic heterocycles. The molecule has 0 aliphatic rings. The van der Waals surface area contributed by atoms with Gasteiger partial charge < -0.3 is 10.5 Å². The minimum Gasteiger partial charge on any atom is -0.457 e. The van der Waals surface area contributed by atoms with Gasteiger partial charge in [-0.05, 0) is 24.3 Å². The first-order valence-corrected chi connectivity index (χ1v) is 5.39. The average Bonchev–Trinajstić information content (AvgIpc) is 2.39. The van der Waals surface area contributed by atoms with Crippen molar-refractivity contribution < 1.29 is 14.5 Å². The van der Waals surface area contributed by atoms with E-state index >= 15 is 0 Å². The predicted octanol–water partition coefficient (Wildman–Crippen LogP) is 2.49. The van der Waals surface area contributed by atoms with Gasteiger partial charge in [0.15, 0.2) is 0 Å². The van der Waals surface area contributed by atoms with E-state index in [4.69, 9.17) is 10.5 Å². The predicted molar refractivity (Wildman–Crippen MR) is 68.1 cm³/mol. The molecule has 2 N–H and O–H groups in total. The summed E-state index contributed by atoms with van der Waals surface area (Å²) in [6.07, 6.45) is 0. The highest BCUT2D eigenvalue weighted by Gasteiger charge is 2.19. The third-order valence-corrected chi connectivity index (χ3v) is 2.41. The first-order valence-electron chi connectivity index (χ1n) is 5.39. The molecule has 6 heteroatoms. The van der Waals surface area contributed by atoms with Crippen LogP contribution in [0, 0.1) is 10.1 Å². The summed E-state index contributed by atoms with van der Waals surface area (Å²) in [6, 6.07) is 12.7. The Kier molecular flexibility index (Phi) is 3.42. The Morgan fingerprint density at radius 2 is 1.79 bits per heavy atom. The van der Waals surface area contributed by atoms with E-state index in [0.717, 1.165) is 0 Å². The molecule has 19 heavy (non-hydrogen) atoms. The Balaban J connectivity index is 2.36. The van der Waals surface area contributed by atoms with Crippen LogP contribution in [0.2, 0.25) is 0 Å². The molecule has 96 valence electrons. The summed E-state index contributed by atoms with van der Waals surface area (Å²) in [5, 5.41) is 10.9. The average molecular weight is 258 g/mol. The normalized spacial score (nSPS) is 9.89. The molecule has 0 atom stereocenters. The largest absolute Gasteiger partial charge is 0.457 e. The second-order valence-electron chi connectivity index (χ2n) is 3.72. The van der Waals surface area contributed by atoms with Crippen LogP contribution in [0.15, 0.2) is 48.5 Å². The third-order valence-electron chi connectivity index (χ3n) is 2.41. The van der Waals surface area contributed by atoms with Gasteiger partial charge in [0.25, 0.3) is 11.6 Å². The van der Waals surface area contributed by atoms with Gasteiger partial charge in [0.2, 0.25) is 0 Å². The molecule has 0 aromatic heterocycles. The Bertz CT molecular complexity index is 626. The number of primary amides is 1. The SMILES string of the molecule is NC(=O)c1ccc(Oc2ccccc2)cc1[N+](=O)[O-]. The van der Waals surface area contributed by atoms with E-state index in [2.05, 4.69) is 0 Å². The highest BCUT2D eigenvalue weighted by atomic mass is 16.6. The molecule has 0 radical (unpaired) electrons. The van der Waals surface area contributed by atoms with Crippen molar-refractivity contribution in [3.05, 3.63) is 64.2 Å². The van der Waals surface area contributed by atoms with Gasteiger partial charge in [-0.3, -0.25) is 14.9 Å². The van der Waals surface area contributed by atoms with Crippen molar-refractivity contribution in [1.82, 2.24) is 0 Å². The number of carbonyl (C=O) groups is 1. The summed E-state index contributed by atoms with van der Waals surface area (Å²) in [4.78, 5) is 21.3. The molecule has 0 spiro atoms. The monoisotopic (exact) mass is 258 g/mol. The number of rotatable bonds is 4. The summed E-state index contributed by atoms with van der Waals surface area (Å²) in [7, 11) is 0. The zero-order valence-corrected chi connectivity index (χ0v) is 9.78. The van der Waals surface area contributed by atoms with Crippen molar-refractivity contribution >= 4 is 11.6 Å². The minimum atomic E-state index is -0.849. The first-order chi connectivity index (χ1) is 9.08. The van der Waals surface area contributed by atoms with Crippen LogP contribution >= 0.6 is 0 Å². The second kappa shape index (κ2) is 5.18. The zero-order valence-electron chi connectivity index (χ0n) is 9.78. The number of ether oxygens (including phenoxy) is 1. The Morgan fingerprint density at radius 1 is 1.11 bits per heavy atom. The number of nitrogens with two attached hydrogens (primary N) is 1. The van der Waals surface area contributed by atoms with Crippen LogP contribution in [0.4, 0.5) is 5.69 Å². The smallest absolute Gasteiger partial charge is 0.285 e. The molecular formula is C13H10N2O4. The van der Waals surface area contributed by atoms with E-state index in [-0.39, 0.29) is 17.0 Å². The fourth-order valence-electron chi connectivity index (χ4n) is 1.56.